The topological polar surface area (TPSA) is 58.6 Å². The van der Waals surface area contributed by atoms with E-state index in [1.54, 1.807) is 7.11 Å². The molecule has 0 radical (unpaired) electrons. The third-order valence-electron chi connectivity index (χ3n) is 3.67. The zero-order valence-electron chi connectivity index (χ0n) is 12.4. The Balaban J connectivity index is 1.74. The SMILES string of the molecule is COc1ccc(CC(=O)NCC(=O)N2CCCCC2)cc1. The van der Waals surface area contributed by atoms with E-state index in [0.29, 0.717) is 0 Å². The molecule has 0 unspecified atom stereocenters. The summed E-state index contributed by atoms with van der Waals surface area (Å²) in [7, 11) is 1.61. The van der Waals surface area contributed by atoms with Gasteiger partial charge in [0.25, 0.3) is 0 Å². The molecule has 1 saturated heterocycles. The number of carbonyl (C=O) groups excluding carboxylic acids is 2. The summed E-state index contributed by atoms with van der Waals surface area (Å²) < 4.78 is 5.07. The molecule has 0 aromatic heterocycles. The third kappa shape index (κ3) is 4.77. The Morgan fingerprint density at radius 3 is 2.43 bits per heavy atom. The molecule has 1 aromatic rings. The van der Waals surface area contributed by atoms with E-state index >= 15 is 0 Å². The van der Waals surface area contributed by atoms with Crippen LogP contribution in [0.3, 0.4) is 0 Å². The third-order valence-corrected chi connectivity index (χ3v) is 3.67. The average Bonchev–Trinajstić information content (AvgIpc) is 2.54. The van der Waals surface area contributed by atoms with Gasteiger partial charge in [0.05, 0.1) is 20.1 Å². The van der Waals surface area contributed by atoms with Crippen molar-refractivity contribution in [2.75, 3.05) is 26.7 Å². The van der Waals surface area contributed by atoms with Crippen molar-refractivity contribution in [3.63, 3.8) is 0 Å². The first-order valence-electron chi connectivity index (χ1n) is 7.36. The number of carbonyl (C=O) groups is 2. The van der Waals surface area contributed by atoms with Crippen molar-refractivity contribution in [3.05, 3.63) is 29.8 Å². The Labute approximate surface area is 125 Å². The van der Waals surface area contributed by atoms with Crippen LogP contribution in [0.15, 0.2) is 24.3 Å². The Morgan fingerprint density at radius 1 is 1.14 bits per heavy atom. The number of amides is 2. The summed E-state index contributed by atoms with van der Waals surface area (Å²) in [5, 5.41) is 2.70. The van der Waals surface area contributed by atoms with E-state index in [0.717, 1.165) is 37.2 Å². The quantitative estimate of drug-likeness (QED) is 0.891. The predicted octanol–water partition coefficient (Wildman–Crippen LogP) is 1.37. The first-order chi connectivity index (χ1) is 10.2. The lowest BCUT2D eigenvalue weighted by Crippen LogP contribution is -2.42. The number of methoxy groups -OCH3 is 1. The predicted molar refractivity (Wildman–Crippen MR) is 80.1 cm³/mol. The Hall–Kier alpha value is -2.04. The van der Waals surface area contributed by atoms with Crippen LogP contribution in [0, 0.1) is 0 Å². The number of ether oxygens (including phenoxy) is 1. The molecule has 21 heavy (non-hydrogen) atoms. The normalized spacial score (nSPS) is 14.6. The van der Waals surface area contributed by atoms with E-state index in [1.807, 2.05) is 29.2 Å². The van der Waals surface area contributed by atoms with Crippen LogP contribution in [0.1, 0.15) is 24.8 Å². The second-order valence-corrected chi connectivity index (χ2v) is 5.24. The number of hydrogen-bond acceptors (Lipinski definition) is 3. The molecule has 5 heteroatoms. The number of piperidine rings is 1. The van der Waals surface area contributed by atoms with Crippen LogP contribution in [-0.4, -0.2) is 43.5 Å². The molecule has 0 aliphatic carbocycles. The van der Waals surface area contributed by atoms with Gasteiger partial charge >= 0.3 is 0 Å². The van der Waals surface area contributed by atoms with Gasteiger partial charge in [-0.2, -0.15) is 0 Å². The van der Waals surface area contributed by atoms with Crippen molar-refractivity contribution < 1.29 is 14.3 Å². The van der Waals surface area contributed by atoms with Crippen molar-refractivity contribution in [1.29, 1.82) is 0 Å². The van der Waals surface area contributed by atoms with E-state index in [9.17, 15) is 9.59 Å². The van der Waals surface area contributed by atoms with Gasteiger partial charge in [-0.25, -0.2) is 0 Å². The summed E-state index contributed by atoms with van der Waals surface area (Å²) in [5.41, 5.74) is 0.902. The monoisotopic (exact) mass is 290 g/mol. The fourth-order valence-electron chi connectivity index (χ4n) is 2.42. The minimum absolute atomic E-state index is 0.0118. The molecule has 1 N–H and O–H groups in total. The van der Waals surface area contributed by atoms with Crippen LogP contribution in [0.5, 0.6) is 5.75 Å². The molecule has 2 rings (SSSR count). The summed E-state index contributed by atoms with van der Waals surface area (Å²) >= 11 is 0. The largest absolute Gasteiger partial charge is 0.497 e. The molecule has 1 aromatic carbocycles. The van der Waals surface area contributed by atoms with Crippen molar-refractivity contribution >= 4 is 11.8 Å². The van der Waals surface area contributed by atoms with Crippen LogP contribution in [-0.2, 0) is 16.0 Å². The lowest BCUT2D eigenvalue weighted by atomic mass is 10.1. The molecule has 0 bridgehead atoms. The van der Waals surface area contributed by atoms with E-state index in [1.165, 1.54) is 6.42 Å². The number of rotatable bonds is 5. The van der Waals surface area contributed by atoms with Gasteiger partial charge in [0.15, 0.2) is 0 Å². The number of hydrogen-bond donors (Lipinski definition) is 1. The maximum atomic E-state index is 11.9. The van der Waals surface area contributed by atoms with Gasteiger partial charge in [-0.3, -0.25) is 9.59 Å². The second-order valence-electron chi connectivity index (χ2n) is 5.24. The van der Waals surface area contributed by atoms with E-state index < -0.39 is 0 Å². The molecule has 1 aliphatic rings. The van der Waals surface area contributed by atoms with Gasteiger partial charge in [0.1, 0.15) is 5.75 Å². The summed E-state index contributed by atoms with van der Waals surface area (Å²) in [4.78, 5) is 25.6. The maximum Gasteiger partial charge on any atom is 0.241 e. The van der Waals surface area contributed by atoms with Crippen LogP contribution in [0.25, 0.3) is 0 Å². The Bertz CT molecular complexity index is 479. The smallest absolute Gasteiger partial charge is 0.241 e. The molecule has 1 fully saturated rings. The fraction of sp³-hybridized carbons (Fsp3) is 0.500. The maximum absolute atomic E-state index is 11.9. The summed E-state index contributed by atoms with van der Waals surface area (Å²) in [6, 6.07) is 7.35. The highest BCUT2D eigenvalue weighted by Gasteiger charge is 2.16. The van der Waals surface area contributed by atoms with Gasteiger partial charge in [0, 0.05) is 13.1 Å². The van der Waals surface area contributed by atoms with Crippen LogP contribution < -0.4 is 10.1 Å². The second kappa shape index (κ2) is 7.67. The van der Waals surface area contributed by atoms with Gasteiger partial charge in [-0.15, -0.1) is 0 Å². The fourth-order valence-corrected chi connectivity index (χ4v) is 2.42. The highest BCUT2D eigenvalue weighted by atomic mass is 16.5. The molecule has 2 amide bonds. The van der Waals surface area contributed by atoms with Crippen molar-refractivity contribution in [2.45, 2.75) is 25.7 Å². The molecule has 1 aliphatic heterocycles. The molecule has 114 valence electrons. The summed E-state index contributed by atoms with van der Waals surface area (Å²) in [5.74, 6) is 0.641. The minimum atomic E-state index is -0.134. The van der Waals surface area contributed by atoms with Crippen molar-refractivity contribution in [2.24, 2.45) is 0 Å². The zero-order valence-corrected chi connectivity index (χ0v) is 12.4. The Kier molecular flexibility index (Phi) is 5.60. The highest BCUT2D eigenvalue weighted by Crippen LogP contribution is 2.11. The molecular weight excluding hydrogens is 268 g/mol. The van der Waals surface area contributed by atoms with Gasteiger partial charge in [-0.1, -0.05) is 12.1 Å². The highest BCUT2D eigenvalue weighted by molar-refractivity contribution is 5.85. The lowest BCUT2D eigenvalue weighted by molar-refractivity contribution is -0.133. The molecule has 1 heterocycles. The van der Waals surface area contributed by atoms with E-state index in [2.05, 4.69) is 5.32 Å². The van der Waals surface area contributed by atoms with Gasteiger partial charge in [0.2, 0.25) is 11.8 Å². The molecular formula is C16H22N2O3. The van der Waals surface area contributed by atoms with Gasteiger partial charge in [-0.05, 0) is 37.0 Å². The van der Waals surface area contributed by atoms with Gasteiger partial charge < -0.3 is 15.0 Å². The lowest BCUT2D eigenvalue weighted by Gasteiger charge is -2.26. The van der Waals surface area contributed by atoms with Crippen molar-refractivity contribution in [1.82, 2.24) is 10.2 Å². The molecule has 5 nitrogen and oxygen atoms in total. The van der Waals surface area contributed by atoms with E-state index in [4.69, 9.17) is 4.74 Å². The Morgan fingerprint density at radius 2 is 1.81 bits per heavy atom. The number of nitrogens with one attached hydrogen (secondary N) is 1. The van der Waals surface area contributed by atoms with E-state index in [-0.39, 0.29) is 24.8 Å². The van der Waals surface area contributed by atoms with Crippen LogP contribution in [0.2, 0.25) is 0 Å². The number of likely N-dealkylation sites (tertiary alicyclic amines) is 1. The van der Waals surface area contributed by atoms with Crippen molar-refractivity contribution in [3.8, 4) is 5.75 Å². The minimum Gasteiger partial charge on any atom is -0.497 e. The molecule has 0 atom stereocenters. The zero-order chi connectivity index (χ0) is 15.1. The number of nitrogens with zero attached hydrogens (tertiary/aromatic N) is 1. The summed E-state index contributed by atoms with van der Waals surface area (Å²) in [6.45, 7) is 1.72. The molecule has 0 saturated carbocycles. The average molecular weight is 290 g/mol. The molecule has 0 spiro atoms. The first kappa shape index (κ1) is 15.4. The van der Waals surface area contributed by atoms with Crippen LogP contribution in [0.4, 0.5) is 0 Å². The van der Waals surface area contributed by atoms with Crippen LogP contribution >= 0.6 is 0 Å². The number of benzene rings is 1. The standard InChI is InChI=1S/C16H22N2O3/c1-21-14-7-5-13(6-8-14)11-15(19)17-12-16(20)18-9-3-2-4-10-18/h5-8H,2-4,9-12H2,1H3,(H,17,19). The first-order valence-corrected chi connectivity index (χ1v) is 7.36. The summed E-state index contributed by atoms with van der Waals surface area (Å²) in [6.07, 6.45) is 3.59.